The van der Waals surface area contributed by atoms with Gasteiger partial charge in [0.15, 0.2) is 0 Å². The first-order valence-electron chi connectivity index (χ1n) is 6.50. The van der Waals surface area contributed by atoms with Crippen LogP contribution in [0.15, 0.2) is 18.3 Å². The van der Waals surface area contributed by atoms with E-state index in [2.05, 4.69) is 55.9 Å². The Morgan fingerprint density at radius 3 is 2.69 bits per heavy atom. The van der Waals surface area contributed by atoms with Gasteiger partial charge in [0.05, 0.1) is 0 Å². The van der Waals surface area contributed by atoms with E-state index in [1.54, 1.807) is 0 Å². The van der Waals surface area contributed by atoms with Crippen molar-refractivity contribution in [2.75, 3.05) is 0 Å². The van der Waals surface area contributed by atoms with Crippen LogP contribution in [0.25, 0.3) is 0 Å². The van der Waals surface area contributed by atoms with Gasteiger partial charge in [-0.3, -0.25) is 0 Å². The zero-order valence-electron chi connectivity index (χ0n) is 11.2. The van der Waals surface area contributed by atoms with Crippen LogP contribution < -0.4 is 5.32 Å². The summed E-state index contributed by atoms with van der Waals surface area (Å²) in [5.74, 6) is 0.773. The van der Waals surface area contributed by atoms with Gasteiger partial charge in [-0.25, -0.2) is 0 Å². The van der Waals surface area contributed by atoms with Crippen LogP contribution in [0, 0.1) is 5.92 Å². The van der Waals surface area contributed by atoms with Gasteiger partial charge in [-0.1, -0.05) is 34.1 Å². The van der Waals surface area contributed by atoms with Gasteiger partial charge in [0.2, 0.25) is 0 Å². The molecule has 1 unspecified atom stereocenters. The Morgan fingerprint density at radius 2 is 2.06 bits per heavy atom. The molecule has 0 fully saturated rings. The molecule has 0 aliphatic heterocycles. The van der Waals surface area contributed by atoms with E-state index in [1.807, 2.05) is 0 Å². The highest BCUT2D eigenvalue weighted by Gasteiger charge is 2.05. The summed E-state index contributed by atoms with van der Waals surface area (Å²) in [6, 6.07) is 4.92. The lowest BCUT2D eigenvalue weighted by atomic mass is 10.1. The van der Waals surface area contributed by atoms with Crippen molar-refractivity contribution in [2.24, 2.45) is 5.92 Å². The van der Waals surface area contributed by atoms with Gasteiger partial charge < -0.3 is 9.88 Å². The Morgan fingerprint density at radius 1 is 1.31 bits per heavy atom. The van der Waals surface area contributed by atoms with Crippen LogP contribution in [0.4, 0.5) is 0 Å². The predicted octanol–water partition coefficient (Wildman–Crippen LogP) is 3.42. The number of aromatic nitrogens is 1. The van der Waals surface area contributed by atoms with Crippen molar-refractivity contribution >= 4 is 0 Å². The van der Waals surface area contributed by atoms with Crippen molar-refractivity contribution in [3.05, 3.63) is 24.0 Å². The molecule has 1 N–H and O–H groups in total. The lowest BCUT2D eigenvalue weighted by molar-refractivity contribution is 0.433. The Kier molecular flexibility index (Phi) is 5.61. The number of rotatable bonds is 7. The Labute approximate surface area is 100 Å². The quantitative estimate of drug-likeness (QED) is 0.748. The molecule has 1 rings (SSSR count). The molecule has 92 valence electrons. The maximum atomic E-state index is 3.47. The highest BCUT2D eigenvalue weighted by Crippen LogP contribution is 2.11. The molecular weight excluding hydrogens is 196 g/mol. The molecule has 0 aromatic carbocycles. The molecule has 0 aliphatic carbocycles. The lowest BCUT2D eigenvalue weighted by Crippen LogP contribution is -2.24. The fourth-order valence-electron chi connectivity index (χ4n) is 2.02. The third-order valence-corrected chi connectivity index (χ3v) is 2.90. The fourth-order valence-corrected chi connectivity index (χ4v) is 2.02. The summed E-state index contributed by atoms with van der Waals surface area (Å²) in [6.07, 6.45) is 4.79. The second kappa shape index (κ2) is 6.74. The van der Waals surface area contributed by atoms with Crippen molar-refractivity contribution in [3.63, 3.8) is 0 Å². The maximum absolute atomic E-state index is 3.47. The molecule has 0 spiro atoms. The summed E-state index contributed by atoms with van der Waals surface area (Å²) in [7, 11) is 0. The molecule has 0 amide bonds. The van der Waals surface area contributed by atoms with Crippen LogP contribution in [-0.2, 0) is 13.1 Å². The lowest BCUT2D eigenvalue weighted by Gasteiger charge is -2.16. The minimum Gasteiger partial charge on any atom is -0.350 e. The van der Waals surface area contributed by atoms with Crippen molar-refractivity contribution in [1.82, 2.24) is 9.88 Å². The van der Waals surface area contributed by atoms with Gasteiger partial charge in [0.25, 0.3) is 0 Å². The summed E-state index contributed by atoms with van der Waals surface area (Å²) in [4.78, 5) is 0. The van der Waals surface area contributed by atoms with Crippen LogP contribution in [-0.4, -0.2) is 10.6 Å². The highest BCUT2D eigenvalue weighted by atomic mass is 15.0. The van der Waals surface area contributed by atoms with E-state index in [1.165, 1.54) is 18.5 Å². The van der Waals surface area contributed by atoms with Crippen molar-refractivity contribution in [1.29, 1.82) is 0 Å². The summed E-state index contributed by atoms with van der Waals surface area (Å²) in [6.45, 7) is 11.1. The predicted molar refractivity (Wildman–Crippen MR) is 70.5 cm³/mol. The fraction of sp³-hybridized carbons (Fsp3) is 0.714. The first kappa shape index (κ1) is 13.3. The van der Waals surface area contributed by atoms with Crippen LogP contribution in [0.2, 0.25) is 0 Å². The first-order valence-corrected chi connectivity index (χ1v) is 6.50. The van der Waals surface area contributed by atoms with E-state index in [9.17, 15) is 0 Å². The van der Waals surface area contributed by atoms with E-state index in [4.69, 9.17) is 0 Å². The zero-order chi connectivity index (χ0) is 12.0. The summed E-state index contributed by atoms with van der Waals surface area (Å²) < 4.78 is 2.38. The first-order chi connectivity index (χ1) is 7.63. The van der Waals surface area contributed by atoms with Gasteiger partial charge in [-0.05, 0) is 24.5 Å². The van der Waals surface area contributed by atoms with Gasteiger partial charge in [0, 0.05) is 31.0 Å². The van der Waals surface area contributed by atoms with Crippen molar-refractivity contribution in [3.8, 4) is 0 Å². The van der Waals surface area contributed by atoms with E-state index in [0.717, 1.165) is 19.0 Å². The average molecular weight is 222 g/mol. The van der Waals surface area contributed by atoms with E-state index < -0.39 is 0 Å². The van der Waals surface area contributed by atoms with Crippen LogP contribution >= 0.6 is 0 Å². The molecule has 1 atom stereocenters. The highest BCUT2D eigenvalue weighted by molar-refractivity contribution is 5.07. The van der Waals surface area contributed by atoms with Crippen molar-refractivity contribution in [2.45, 2.75) is 59.7 Å². The molecule has 0 saturated carbocycles. The van der Waals surface area contributed by atoms with E-state index in [0.29, 0.717) is 6.04 Å². The molecule has 0 radical (unpaired) electrons. The molecular formula is C14H26N2. The molecule has 0 saturated heterocycles. The standard InChI is InChI=1S/C14H26N2/c1-5-7-13(4)11-16-9-6-8-14(16)10-15-12(2)3/h6,8-9,12-13,15H,5,7,10-11H2,1-4H3. The SMILES string of the molecule is CCCC(C)Cn1cccc1CNC(C)C. The number of hydrogen-bond acceptors (Lipinski definition) is 1. The summed E-state index contributed by atoms with van der Waals surface area (Å²) >= 11 is 0. The van der Waals surface area contributed by atoms with Gasteiger partial charge >= 0.3 is 0 Å². The number of nitrogens with one attached hydrogen (secondary N) is 1. The zero-order valence-corrected chi connectivity index (χ0v) is 11.2. The average Bonchev–Trinajstić information content (AvgIpc) is 2.62. The minimum atomic E-state index is 0.552. The molecule has 16 heavy (non-hydrogen) atoms. The molecule has 1 aromatic rings. The van der Waals surface area contributed by atoms with Crippen LogP contribution in [0.5, 0.6) is 0 Å². The molecule has 1 heterocycles. The maximum Gasteiger partial charge on any atom is 0.0361 e. The third kappa shape index (κ3) is 4.40. The molecule has 0 bridgehead atoms. The monoisotopic (exact) mass is 222 g/mol. The summed E-state index contributed by atoms with van der Waals surface area (Å²) in [5, 5.41) is 3.47. The van der Waals surface area contributed by atoms with E-state index in [-0.39, 0.29) is 0 Å². The van der Waals surface area contributed by atoms with Gasteiger partial charge in [0.1, 0.15) is 0 Å². The second-order valence-electron chi connectivity index (χ2n) is 5.08. The molecule has 2 nitrogen and oxygen atoms in total. The smallest absolute Gasteiger partial charge is 0.0361 e. The second-order valence-corrected chi connectivity index (χ2v) is 5.08. The van der Waals surface area contributed by atoms with Crippen molar-refractivity contribution < 1.29 is 0 Å². The third-order valence-electron chi connectivity index (χ3n) is 2.90. The topological polar surface area (TPSA) is 17.0 Å². The Hall–Kier alpha value is -0.760. The summed E-state index contributed by atoms with van der Waals surface area (Å²) in [5.41, 5.74) is 1.40. The molecule has 0 aliphatic rings. The van der Waals surface area contributed by atoms with E-state index >= 15 is 0 Å². The number of hydrogen-bond donors (Lipinski definition) is 1. The number of nitrogens with zero attached hydrogens (tertiary/aromatic N) is 1. The Bertz CT molecular complexity index is 289. The van der Waals surface area contributed by atoms with Gasteiger partial charge in [-0.15, -0.1) is 0 Å². The largest absolute Gasteiger partial charge is 0.350 e. The van der Waals surface area contributed by atoms with Crippen LogP contribution in [0.1, 0.15) is 46.2 Å². The molecule has 1 aromatic heterocycles. The Balaban J connectivity index is 2.49. The normalized spacial score (nSPS) is 13.3. The minimum absolute atomic E-state index is 0.552. The van der Waals surface area contributed by atoms with Crippen LogP contribution in [0.3, 0.4) is 0 Å². The molecule has 2 heteroatoms. The van der Waals surface area contributed by atoms with Gasteiger partial charge in [-0.2, -0.15) is 0 Å².